The van der Waals surface area contributed by atoms with E-state index in [1.54, 1.807) is 36.8 Å². The van der Waals surface area contributed by atoms with Crippen LogP contribution in [0.25, 0.3) is 16.6 Å². The van der Waals surface area contributed by atoms with E-state index in [1.807, 2.05) is 24.3 Å². The van der Waals surface area contributed by atoms with Crippen molar-refractivity contribution in [2.45, 2.75) is 20.0 Å². The van der Waals surface area contributed by atoms with E-state index in [9.17, 15) is 9.59 Å². The van der Waals surface area contributed by atoms with Gasteiger partial charge in [-0.2, -0.15) is 5.10 Å². The topological polar surface area (TPSA) is 90.8 Å². The third-order valence-electron chi connectivity index (χ3n) is 4.38. The first kappa shape index (κ1) is 16.9. The van der Waals surface area contributed by atoms with Crippen molar-refractivity contribution in [3.63, 3.8) is 0 Å². The van der Waals surface area contributed by atoms with Crippen molar-refractivity contribution in [2.24, 2.45) is 0 Å². The Labute approximate surface area is 154 Å². The van der Waals surface area contributed by atoms with E-state index in [1.165, 1.54) is 4.68 Å². The highest BCUT2D eigenvalue weighted by Gasteiger charge is 2.15. The molecule has 0 saturated heterocycles. The minimum absolute atomic E-state index is 0.160. The summed E-state index contributed by atoms with van der Waals surface area (Å²) in [6.45, 7) is 1.96. The molecule has 0 spiro atoms. The number of benzene rings is 1. The number of carbonyl (C=O) groups excluding carboxylic acids is 1. The van der Waals surface area contributed by atoms with Crippen molar-refractivity contribution in [3.8, 4) is 5.75 Å². The highest BCUT2D eigenvalue weighted by molar-refractivity contribution is 5.82. The van der Waals surface area contributed by atoms with Crippen molar-refractivity contribution in [3.05, 3.63) is 64.4 Å². The van der Waals surface area contributed by atoms with Crippen LogP contribution in [0.2, 0.25) is 0 Å². The normalized spacial score (nSPS) is 11.2. The molecule has 0 aliphatic carbocycles. The molecule has 0 bridgehead atoms. The van der Waals surface area contributed by atoms with Crippen LogP contribution in [0.3, 0.4) is 0 Å². The number of rotatable bonds is 5. The molecule has 0 radical (unpaired) electrons. The minimum Gasteiger partial charge on any atom is -0.497 e. The van der Waals surface area contributed by atoms with Gasteiger partial charge in [-0.3, -0.25) is 14.0 Å². The number of nitrogens with zero attached hydrogens (tertiary/aromatic N) is 3. The lowest BCUT2D eigenvalue weighted by Gasteiger charge is -2.09. The average molecular weight is 366 g/mol. The minimum atomic E-state index is -0.344. The standard InChI is InChI=1S/C19H18N4O4/c1-12-21-22(19(25)16-9-17-15(23(12)16)6-7-27-17)11-18(24)20-10-13-4-3-5-14(8-13)26-2/h3-9H,10-11H2,1-2H3,(H,20,24). The maximum Gasteiger partial charge on any atom is 0.291 e. The molecule has 3 aromatic heterocycles. The van der Waals surface area contributed by atoms with Gasteiger partial charge in [-0.25, -0.2) is 4.68 Å². The Morgan fingerprint density at radius 1 is 1.26 bits per heavy atom. The molecule has 4 aromatic rings. The molecule has 0 aliphatic rings. The van der Waals surface area contributed by atoms with Gasteiger partial charge in [0.15, 0.2) is 5.58 Å². The first-order valence-corrected chi connectivity index (χ1v) is 8.43. The largest absolute Gasteiger partial charge is 0.497 e. The van der Waals surface area contributed by atoms with E-state index < -0.39 is 0 Å². The van der Waals surface area contributed by atoms with E-state index in [-0.39, 0.29) is 18.0 Å². The van der Waals surface area contributed by atoms with Crippen LogP contribution in [-0.2, 0) is 17.9 Å². The van der Waals surface area contributed by atoms with Crippen molar-refractivity contribution < 1.29 is 13.9 Å². The maximum absolute atomic E-state index is 12.7. The van der Waals surface area contributed by atoms with E-state index in [0.29, 0.717) is 23.5 Å². The highest BCUT2D eigenvalue weighted by Crippen LogP contribution is 2.19. The number of fused-ring (bicyclic) bond motifs is 3. The number of amides is 1. The van der Waals surface area contributed by atoms with Crippen molar-refractivity contribution >= 4 is 22.5 Å². The summed E-state index contributed by atoms with van der Waals surface area (Å²) < 4.78 is 13.4. The number of furan rings is 1. The molecule has 0 atom stereocenters. The zero-order chi connectivity index (χ0) is 19.0. The predicted octanol–water partition coefficient (Wildman–Crippen LogP) is 1.88. The van der Waals surface area contributed by atoms with Gasteiger partial charge in [0.1, 0.15) is 23.6 Å². The lowest BCUT2D eigenvalue weighted by molar-refractivity contribution is -0.122. The number of hydrogen-bond donors (Lipinski definition) is 1. The summed E-state index contributed by atoms with van der Waals surface area (Å²) in [7, 11) is 1.59. The van der Waals surface area contributed by atoms with Crippen LogP contribution in [-0.4, -0.2) is 27.2 Å². The molecular weight excluding hydrogens is 348 g/mol. The lowest BCUT2D eigenvalue weighted by atomic mass is 10.2. The van der Waals surface area contributed by atoms with Gasteiger partial charge in [0.05, 0.1) is 18.9 Å². The van der Waals surface area contributed by atoms with Gasteiger partial charge in [-0.1, -0.05) is 12.1 Å². The molecule has 1 aromatic carbocycles. The summed E-state index contributed by atoms with van der Waals surface area (Å²) in [5.74, 6) is 1.02. The smallest absolute Gasteiger partial charge is 0.291 e. The van der Waals surface area contributed by atoms with E-state index in [4.69, 9.17) is 9.15 Å². The SMILES string of the molecule is COc1cccc(CNC(=O)Cn2nc(C)n3c(cc4occc43)c2=O)c1. The lowest BCUT2D eigenvalue weighted by Crippen LogP contribution is -2.34. The monoisotopic (exact) mass is 366 g/mol. The molecule has 138 valence electrons. The first-order valence-electron chi connectivity index (χ1n) is 8.43. The van der Waals surface area contributed by atoms with Gasteiger partial charge >= 0.3 is 0 Å². The van der Waals surface area contributed by atoms with E-state index >= 15 is 0 Å². The van der Waals surface area contributed by atoms with E-state index in [0.717, 1.165) is 16.8 Å². The number of hydrogen-bond acceptors (Lipinski definition) is 5. The summed E-state index contributed by atoms with van der Waals surface area (Å²) in [5.41, 5.74) is 2.38. The molecule has 1 amide bonds. The third kappa shape index (κ3) is 3.05. The van der Waals surface area contributed by atoms with Crippen molar-refractivity contribution in [1.29, 1.82) is 0 Å². The van der Waals surface area contributed by atoms with Crippen LogP contribution in [0.1, 0.15) is 11.4 Å². The second-order valence-electron chi connectivity index (χ2n) is 6.17. The number of carbonyl (C=O) groups is 1. The van der Waals surface area contributed by atoms with Gasteiger partial charge in [-0.15, -0.1) is 0 Å². The maximum atomic E-state index is 12.7. The Balaban J connectivity index is 1.55. The average Bonchev–Trinajstić information content (AvgIpc) is 3.25. The molecule has 0 aliphatic heterocycles. The van der Waals surface area contributed by atoms with Gasteiger partial charge in [0.2, 0.25) is 5.91 Å². The van der Waals surface area contributed by atoms with Gasteiger partial charge < -0.3 is 14.5 Å². The summed E-state index contributed by atoms with van der Waals surface area (Å²) in [5, 5.41) is 7.07. The Hall–Kier alpha value is -3.55. The molecular formula is C19H18N4O4. The molecule has 27 heavy (non-hydrogen) atoms. The quantitative estimate of drug-likeness (QED) is 0.582. The molecule has 1 N–H and O–H groups in total. The zero-order valence-corrected chi connectivity index (χ0v) is 14.9. The molecule has 4 rings (SSSR count). The zero-order valence-electron chi connectivity index (χ0n) is 14.9. The fraction of sp³-hybridized carbons (Fsp3) is 0.211. The summed E-state index contributed by atoms with van der Waals surface area (Å²) in [4.78, 5) is 25.0. The van der Waals surface area contributed by atoms with Crippen LogP contribution in [0.5, 0.6) is 5.75 Å². The molecule has 0 saturated carbocycles. The number of methoxy groups -OCH3 is 1. The van der Waals surface area contributed by atoms with Gasteiger partial charge in [0.25, 0.3) is 5.56 Å². The van der Waals surface area contributed by atoms with E-state index in [2.05, 4.69) is 10.4 Å². The summed E-state index contributed by atoms with van der Waals surface area (Å²) in [6, 6.07) is 10.9. The van der Waals surface area contributed by atoms with Crippen LogP contribution >= 0.6 is 0 Å². The molecule has 0 fully saturated rings. The van der Waals surface area contributed by atoms with Gasteiger partial charge in [0, 0.05) is 18.7 Å². The second-order valence-corrected chi connectivity index (χ2v) is 6.17. The Morgan fingerprint density at radius 3 is 2.93 bits per heavy atom. The fourth-order valence-corrected chi connectivity index (χ4v) is 3.11. The molecule has 8 heteroatoms. The van der Waals surface area contributed by atoms with Crippen LogP contribution in [0.4, 0.5) is 0 Å². The molecule has 3 heterocycles. The summed E-state index contributed by atoms with van der Waals surface area (Å²) in [6.07, 6.45) is 1.56. The number of aromatic nitrogens is 3. The van der Waals surface area contributed by atoms with Crippen LogP contribution < -0.4 is 15.6 Å². The number of nitrogens with one attached hydrogen (secondary N) is 1. The highest BCUT2D eigenvalue weighted by atomic mass is 16.5. The second kappa shape index (κ2) is 6.64. The Morgan fingerprint density at radius 2 is 2.11 bits per heavy atom. The number of aryl methyl sites for hydroxylation is 1. The number of ether oxygens (including phenoxy) is 1. The molecule has 8 nitrogen and oxygen atoms in total. The Bertz CT molecular complexity index is 1200. The van der Waals surface area contributed by atoms with Crippen LogP contribution in [0, 0.1) is 6.92 Å². The third-order valence-corrected chi connectivity index (χ3v) is 4.38. The first-order chi connectivity index (χ1) is 13.1. The summed E-state index contributed by atoms with van der Waals surface area (Å²) >= 11 is 0. The fourth-order valence-electron chi connectivity index (χ4n) is 3.11. The predicted molar refractivity (Wildman–Crippen MR) is 98.8 cm³/mol. The van der Waals surface area contributed by atoms with Gasteiger partial charge in [-0.05, 0) is 24.6 Å². The van der Waals surface area contributed by atoms with Crippen molar-refractivity contribution in [2.75, 3.05) is 7.11 Å². The Kier molecular flexibility index (Phi) is 4.15. The van der Waals surface area contributed by atoms with Crippen LogP contribution in [0.15, 0.2) is 51.9 Å². The molecule has 0 unspecified atom stereocenters. The van der Waals surface area contributed by atoms with Crippen molar-refractivity contribution in [1.82, 2.24) is 19.5 Å².